The van der Waals surface area contributed by atoms with Gasteiger partial charge >= 0.3 is 0 Å². The van der Waals surface area contributed by atoms with Crippen LogP contribution in [-0.4, -0.2) is 5.16 Å². The highest BCUT2D eigenvalue weighted by Gasteiger charge is 2.18. The summed E-state index contributed by atoms with van der Waals surface area (Å²) in [4.78, 5) is 0. The fraction of sp³-hybridized carbons (Fsp3) is 0.300. The van der Waals surface area contributed by atoms with Crippen LogP contribution in [0.25, 0.3) is 11.3 Å². The highest BCUT2D eigenvalue weighted by molar-refractivity contribution is 5.66. The monoisotopic (exact) mass is 192 g/mol. The van der Waals surface area contributed by atoms with Crippen molar-refractivity contribution >= 4 is 5.88 Å². The average Bonchev–Trinajstić information content (AvgIpc) is 2.70. The van der Waals surface area contributed by atoms with E-state index in [2.05, 4.69) is 5.16 Å². The molecule has 0 aromatic carbocycles. The van der Waals surface area contributed by atoms with Gasteiger partial charge in [-0.3, -0.25) is 0 Å². The van der Waals surface area contributed by atoms with E-state index in [1.165, 1.54) is 0 Å². The second kappa shape index (κ2) is 3.21. The van der Waals surface area contributed by atoms with Crippen LogP contribution in [0, 0.1) is 0 Å². The number of nitrogens with two attached hydrogens (primary N) is 1. The van der Waals surface area contributed by atoms with Gasteiger partial charge in [-0.25, -0.2) is 0 Å². The maximum Gasteiger partial charge on any atom is 0.226 e. The Kier molecular flexibility index (Phi) is 2.04. The van der Waals surface area contributed by atoms with Gasteiger partial charge in [0, 0.05) is 11.1 Å². The zero-order chi connectivity index (χ0) is 10.1. The summed E-state index contributed by atoms with van der Waals surface area (Å²) in [5.41, 5.74) is 8.29. The molecule has 2 aromatic rings. The van der Waals surface area contributed by atoms with E-state index in [0.29, 0.717) is 5.88 Å². The summed E-state index contributed by atoms with van der Waals surface area (Å²) in [6.45, 7) is 4.10. The Bertz CT molecular complexity index is 415. The van der Waals surface area contributed by atoms with E-state index in [1.54, 1.807) is 12.5 Å². The Morgan fingerprint density at radius 1 is 1.43 bits per heavy atom. The molecule has 2 rings (SSSR count). The lowest BCUT2D eigenvalue weighted by atomic mass is 10.0. The molecule has 0 unspecified atom stereocenters. The van der Waals surface area contributed by atoms with Crippen LogP contribution < -0.4 is 5.73 Å². The third kappa shape index (κ3) is 1.28. The van der Waals surface area contributed by atoms with E-state index in [4.69, 9.17) is 14.7 Å². The van der Waals surface area contributed by atoms with Gasteiger partial charge in [0.25, 0.3) is 0 Å². The number of aromatic nitrogens is 1. The number of anilines is 1. The van der Waals surface area contributed by atoms with Crippen molar-refractivity contribution in [3.8, 4) is 11.3 Å². The molecule has 0 amide bonds. The van der Waals surface area contributed by atoms with Crippen LogP contribution in [0.4, 0.5) is 5.88 Å². The Labute approximate surface area is 81.7 Å². The van der Waals surface area contributed by atoms with E-state index in [9.17, 15) is 0 Å². The summed E-state index contributed by atoms with van der Waals surface area (Å²) in [7, 11) is 0. The first-order valence-electron chi connectivity index (χ1n) is 4.47. The third-order valence-electron chi connectivity index (χ3n) is 2.13. The Balaban J connectivity index is 2.54. The lowest BCUT2D eigenvalue weighted by Crippen LogP contribution is -1.93. The standard InChI is InChI=1S/C10H12N2O2/c1-6(2)8-9(12-14-10(8)11)7-3-4-13-5-7/h3-6H,11H2,1-2H3. The summed E-state index contributed by atoms with van der Waals surface area (Å²) in [5, 5.41) is 3.92. The maximum absolute atomic E-state index is 5.69. The van der Waals surface area contributed by atoms with Crippen LogP contribution in [0.3, 0.4) is 0 Å². The molecule has 2 heterocycles. The minimum Gasteiger partial charge on any atom is -0.472 e. The fourth-order valence-corrected chi connectivity index (χ4v) is 1.48. The summed E-state index contributed by atoms with van der Waals surface area (Å²) >= 11 is 0. The number of nitrogens with zero attached hydrogens (tertiary/aromatic N) is 1. The highest BCUT2D eigenvalue weighted by atomic mass is 16.5. The second-order valence-electron chi connectivity index (χ2n) is 3.48. The molecule has 0 aliphatic rings. The van der Waals surface area contributed by atoms with Crippen molar-refractivity contribution < 1.29 is 8.94 Å². The molecule has 0 aliphatic heterocycles. The van der Waals surface area contributed by atoms with Crippen molar-refractivity contribution in [3.63, 3.8) is 0 Å². The van der Waals surface area contributed by atoms with Gasteiger partial charge in [0.2, 0.25) is 5.88 Å². The van der Waals surface area contributed by atoms with Crippen molar-refractivity contribution in [2.75, 3.05) is 5.73 Å². The summed E-state index contributed by atoms with van der Waals surface area (Å²) in [6, 6.07) is 1.84. The molecule has 0 aliphatic carbocycles. The zero-order valence-electron chi connectivity index (χ0n) is 8.15. The van der Waals surface area contributed by atoms with E-state index < -0.39 is 0 Å². The minimum absolute atomic E-state index is 0.283. The Morgan fingerprint density at radius 2 is 2.21 bits per heavy atom. The number of hydrogen-bond acceptors (Lipinski definition) is 4. The largest absolute Gasteiger partial charge is 0.472 e. The molecular formula is C10H12N2O2. The SMILES string of the molecule is CC(C)c1c(-c2ccoc2)noc1N. The summed E-state index contributed by atoms with van der Waals surface area (Å²) in [5.74, 6) is 0.669. The van der Waals surface area contributed by atoms with Crippen LogP contribution >= 0.6 is 0 Å². The van der Waals surface area contributed by atoms with Crippen LogP contribution in [0.2, 0.25) is 0 Å². The van der Waals surface area contributed by atoms with E-state index in [0.717, 1.165) is 16.8 Å². The average molecular weight is 192 g/mol. The molecule has 4 heteroatoms. The Hall–Kier alpha value is -1.71. The zero-order valence-corrected chi connectivity index (χ0v) is 8.15. The van der Waals surface area contributed by atoms with Gasteiger partial charge in [0.15, 0.2) is 0 Å². The van der Waals surface area contributed by atoms with Gasteiger partial charge in [0.05, 0.1) is 12.5 Å². The van der Waals surface area contributed by atoms with Gasteiger partial charge in [-0.05, 0) is 12.0 Å². The molecule has 74 valence electrons. The van der Waals surface area contributed by atoms with Crippen LogP contribution in [0.15, 0.2) is 27.5 Å². The summed E-state index contributed by atoms with van der Waals surface area (Å²) < 4.78 is 9.96. The molecule has 14 heavy (non-hydrogen) atoms. The number of rotatable bonds is 2. The molecule has 0 bridgehead atoms. The molecule has 2 aromatic heterocycles. The number of hydrogen-bond donors (Lipinski definition) is 1. The van der Waals surface area contributed by atoms with E-state index in [1.807, 2.05) is 19.9 Å². The van der Waals surface area contributed by atoms with Crippen LogP contribution in [0.5, 0.6) is 0 Å². The van der Waals surface area contributed by atoms with Gasteiger partial charge in [-0.1, -0.05) is 19.0 Å². The molecular weight excluding hydrogens is 180 g/mol. The number of nitrogen functional groups attached to an aromatic ring is 1. The Morgan fingerprint density at radius 3 is 2.79 bits per heavy atom. The molecule has 0 atom stereocenters. The predicted molar refractivity (Wildman–Crippen MR) is 52.7 cm³/mol. The van der Waals surface area contributed by atoms with Crippen molar-refractivity contribution in [2.45, 2.75) is 19.8 Å². The third-order valence-corrected chi connectivity index (χ3v) is 2.13. The van der Waals surface area contributed by atoms with E-state index in [-0.39, 0.29) is 5.92 Å². The number of furan rings is 1. The van der Waals surface area contributed by atoms with Gasteiger partial charge < -0.3 is 14.7 Å². The van der Waals surface area contributed by atoms with Crippen molar-refractivity contribution in [2.24, 2.45) is 0 Å². The molecule has 0 fully saturated rings. The van der Waals surface area contributed by atoms with Crippen molar-refractivity contribution in [1.29, 1.82) is 0 Å². The molecule has 0 radical (unpaired) electrons. The maximum atomic E-state index is 5.69. The van der Waals surface area contributed by atoms with Gasteiger partial charge in [-0.15, -0.1) is 0 Å². The first-order valence-corrected chi connectivity index (χ1v) is 4.47. The smallest absolute Gasteiger partial charge is 0.226 e. The van der Waals surface area contributed by atoms with E-state index >= 15 is 0 Å². The van der Waals surface area contributed by atoms with Crippen molar-refractivity contribution in [3.05, 3.63) is 24.2 Å². The fourth-order valence-electron chi connectivity index (χ4n) is 1.48. The molecule has 0 saturated carbocycles. The normalized spacial score (nSPS) is 11.1. The van der Waals surface area contributed by atoms with Gasteiger partial charge in [0.1, 0.15) is 5.69 Å². The molecule has 0 spiro atoms. The predicted octanol–water partition coefficient (Wildman–Crippen LogP) is 2.64. The minimum atomic E-state index is 0.283. The van der Waals surface area contributed by atoms with Crippen molar-refractivity contribution in [1.82, 2.24) is 5.16 Å². The lowest BCUT2D eigenvalue weighted by Gasteiger charge is -2.02. The second-order valence-corrected chi connectivity index (χ2v) is 3.48. The highest BCUT2D eigenvalue weighted by Crippen LogP contribution is 2.32. The first kappa shape index (κ1) is 8.87. The van der Waals surface area contributed by atoms with Gasteiger partial charge in [-0.2, -0.15) is 0 Å². The molecule has 0 saturated heterocycles. The quantitative estimate of drug-likeness (QED) is 0.794. The summed E-state index contributed by atoms with van der Waals surface area (Å²) in [6.07, 6.45) is 3.23. The molecule has 2 N–H and O–H groups in total. The molecule has 4 nitrogen and oxygen atoms in total. The topological polar surface area (TPSA) is 65.2 Å². The lowest BCUT2D eigenvalue weighted by molar-refractivity contribution is 0.438. The van der Waals surface area contributed by atoms with Crippen LogP contribution in [0.1, 0.15) is 25.3 Å². The van der Waals surface area contributed by atoms with Crippen LogP contribution in [-0.2, 0) is 0 Å². The first-order chi connectivity index (χ1) is 6.70.